The van der Waals surface area contributed by atoms with E-state index in [1.165, 1.54) is 0 Å². The van der Waals surface area contributed by atoms with Gasteiger partial charge in [0.2, 0.25) is 0 Å². The monoisotopic (exact) mass is 276 g/mol. The van der Waals surface area contributed by atoms with Gasteiger partial charge in [-0.2, -0.15) is 0 Å². The van der Waals surface area contributed by atoms with E-state index in [1.54, 1.807) is 0 Å². The van der Waals surface area contributed by atoms with Gasteiger partial charge in [0, 0.05) is 27.3 Å². The number of hydrogen-bond acceptors (Lipinski definition) is 3. The molecule has 6 heteroatoms. The van der Waals surface area contributed by atoms with E-state index in [-0.39, 0.29) is 27.3 Å². The molecule has 0 aromatic heterocycles. The van der Waals surface area contributed by atoms with Gasteiger partial charge in [-0.25, -0.2) is 0 Å². The molecule has 0 aliphatic rings. The Morgan fingerprint density at radius 1 is 1.83 bits per heavy atom. The second-order valence-corrected chi connectivity index (χ2v) is 1.91. The molecule has 1 atom stereocenters. The van der Waals surface area contributed by atoms with E-state index in [0.29, 0.717) is 0 Å². The van der Waals surface area contributed by atoms with Crippen LogP contribution >= 0.6 is 0 Å². The van der Waals surface area contributed by atoms with Gasteiger partial charge in [-0.1, -0.05) is 0 Å². The Hall–Kier alpha value is 1.51. The van der Waals surface area contributed by atoms with Crippen molar-refractivity contribution < 1.29 is 39.3 Å². The van der Waals surface area contributed by atoms with E-state index in [1.807, 2.05) is 0 Å². The first-order valence-corrected chi connectivity index (χ1v) is 2.56. The third kappa shape index (κ3) is 9.10. The average molecular weight is 273 g/mol. The molecule has 0 heterocycles. The molecule has 1 unspecified atom stereocenters. The molecular weight excluding hydrogens is 271 g/mol. The van der Waals surface area contributed by atoms with Crippen LogP contribution in [0.4, 0.5) is 0 Å². The Labute approximate surface area is 66.6 Å². The van der Waals surface area contributed by atoms with Crippen molar-refractivity contribution in [3.05, 3.63) is 0 Å². The van der Waals surface area contributed by atoms with Gasteiger partial charge in [-0.15, -0.1) is 0 Å². The van der Waals surface area contributed by atoms with Crippen molar-refractivity contribution >= 4 is 27.7 Å². The molecule has 0 spiro atoms. The fourth-order valence-corrected chi connectivity index (χ4v) is 0. The van der Waals surface area contributed by atoms with Crippen LogP contribution in [0.5, 0.6) is 0 Å². The van der Waals surface area contributed by atoms with E-state index in [4.69, 9.17) is 8.76 Å². The summed E-state index contributed by atoms with van der Waals surface area (Å²) in [4.78, 5) is 0. The maximum atomic E-state index is 9.15. The molecule has 0 aromatic rings. The van der Waals surface area contributed by atoms with Crippen LogP contribution in [-0.2, 0) is 41.9 Å². The molecule has 0 saturated carbocycles. The minimum atomic E-state index is -2.32. The van der Waals surface area contributed by atoms with Crippen molar-refractivity contribution in [3.8, 4) is 0 Å². The van der Waals surface area contributed by atoms with Crippen LogP contribution in [0, 0.1) is 0 Å². The zero-order valence-electron chi connectivity index (χ0n) is 2.84. The van der Waals surface area contributed by atoms with Crippen LogP contribution in [0.3, 0.4) is 0 Å². The Bertz CT molecular complexity index is 46.1. The normalized spacial score (nSPS) is 12.3. The fourth-order valence-electron chi connectivity index (χ4n) is 0. The van der Waals surface area contributed by atoms with Gasteiger partial charge < -0.3 is 0 Å². The SMILES string of the molecule is O=S([O-])O[SeH2+].[Cd]. The smallest absolute Gasteiger partial charge is 0 e. The average Bonchev–Trinajstić information content (AvgIpc) is 1.38. The van der Waals surface area contributed by atoms with Crippen molar-refractivity contribution in [1.29, 1.82) is 0 Å². The van der Waals surface area contributed by atoms with Crippen molar-refractivity contribution in [1.82, 2.24) is 0 Å². The topological polar surface area (TPSA) is 49.4 Å². The van der Waals surface area contributed by atoms with Crippen molar-refractivity contribution in [3.63, 3.8) is 0 Å². The summed E-state index contributed by atoms with van der Waals surface area (Å²) in [6, 6.07) is 0. The van der Waals surface area contributed by atoms with Gasteiger partial charge in [0.15, 0.2) is 0 Å². The fraction of sp³-hybridized carbons (Fsp3) is 0. The molecule has 0 aliphatic heterocycles. The Balaban J connectivity index is 0. The van der Waals surface area contributed by atoms with Crippen LogP contribution < -0.4 is 0 Å². The summed E-state index contributed by atoms with van der Waals surface area (Å²) in [5.74, 6) is 0. The zero-order valence-corrected chi connectivity index (χ0v) is 9.79. The number of rotatable bonds is 1. The second-order valence-electron chi connectivity index (χ2n) is 0.287. The largest absolute Gasteiger partial charge is 0 e. The summed E-state index contributed by atoms with van der Waals surface area (Å²) >= 11 is -1.24. The van der Waals surface area contributed by atoms with Gasteiger partial charge in [-0.3, -0.25) is 0 Å². The molecule has 0 bridgehead atoms. The molecule has 0 aliphatic carbocycles. The predicted octanol–water partition coefficient (Wildman–Crippen LogP) is -1.66. The molecule has 0 rings (SSSR count). The van der Waals surface area contributed by atoms with Gasteiger partial charge >= 0.3 is 39.7 Å². The summed E-state index contributed by atoms with van der Waals surface area (Å²) in [6.07, 6.45) is 0. The summed E-state index contributed by atoms with van der Waals surface area (Å²) in [6.45, 7) is 0. The summed E-state index contributed by atoms with van der Waals surface area (Å²) in [5.41, 5.74) is 0. The maximum Gasteiger partial charge on any atom is 0 e. The molecule has 34 valence electrons. The molecule has 0 radical (unpaired) electrons. The molecular formula is H2CdO3SSe. The van der Waals surface area contributed by atoms with Crippen molar-refractivity contribution in [2.45, 2.75) is 0 Å². The summed E-state index contributed by atoms with van der Waals surface area (Å²) in [7, 11) is 0. The van der Waals surface area contributed by atoms with Crippen LogP contribution in [0.2, 0.25) is 0 Å². The van der Waals surface area contributed by atoms with Crippen LogP contribution in [0.1, 0.15) is 0 Å². The molecule has 0 aromatic carbocycles. The quantitative estimate of drug-likeness (QED) is 0.425. The van der Waals surface area contributed by atoms with Crippen molar-refractivity contribution in [2.24, 2.45) is 0 Å². The van der Waals surface area contributed by atoms with Gasteiger partial charge in [0.1, 0.15) is 0 Å². The molecule has 0 N–H and O–H groups in total. The molecule has 6 heavy (non-hydrogen) atoms. The zero-order chi connectivity index (χ0) is 4.28. The van der Waals surface area contributed by atoms with Crippen LogP contribution in [0.15, 0.2) is 0 Å². The first-order valence-electron chi connectivity index (χ1n) is 0.704. The van der Waals surface area contributed by atoms with Gasteiger partial charge in [0.05, 0.1) is 0 Å². The second kappa shape index (κ2) is 6.51. The molecule has 3 nitrogen and oxygen atoms in total. The molecule has 0 amide bonds. The predicted molar refractivity (Wildman–Crippen MR) is 18.5 cm³/mol. The van der Waals surface area contributed by atoms with E-state index < -0.39 is 11.4 Å². The molecule has 0 saturated heterocycles. The first kappa shape index (κ1) is 10.5. The maximum absolute atomic E-state index is 9.15. The van der Waals surface area contributed by atoms with Crippen LogP contribution in [0.25, 0.3) is 0 Å². The summed E-state index contributed by atoms with van der Waals surface area (Å²) < 4.78 is 22.0. The van der Waals surface area contributed by atoms with E-state index in [9.17, 15) is 0 Å². The Kier molecular flexibility index (Phi) is 11.4. The summed E-state index contributed by atoms with van der Waals surface area (Å²) in [5, 5.41) is 0. The van der Waals surface area contributed by atoms with E-state index in [2.05, 4.69) is 3.27 Å². The number of hydrogen-bond donors (Lipinski definition) is 0. The Morgan fingerprint density at radius 3 is 2.00 bits per heavy atom. The minimum absolute atomic E-state index is 0. The van der Waals surface area contributed by atoms with Gasteiger partial charge in [-0.05, 0) is 0 Å². The Morgan fingerprint density at radius 2 is 2.00 bits per heavy atom. The third-order valence-electron chi connectivity index (χ3n) is 0.0680. The standard InChI is InChI=1S/Cd.H2O3SSe/c;1-4(2)3-5/h;5H,(H,1,2). The van der Waals surface area contributed by atoms with E-state index >= 15 is 0 Å². The minimum Gasteiger partial charge on any atom is 0 e. The first-order chi connectivity index (χ1) is 2.27. The van der Waals surface area contributed by atoms with Crippen molar-refractivity contribution in [2.75, 3.05) is 0 Å². The van der Waals surface area contributed by atoms with Crippen LogP contribution in [-0.4, -0.2) is 25.1 Å². The third-order valence-corrected chi connectivity index (χ3v) is 1.06. The van der Waals surface area contributed by atoms with E-state index in [0.717, 1.165) is 16.3 Å². The van der Waals surface area contributed by atoms with Gasteiger partial charge in [0.25, 0.3) is 0 Å². The molecule has 0 fully saturated rings.